The van der Waals surface area contributed by atoms with Crippen molar-refractivity contribution < 1.29 is 9.59 Å². The van der Waals surface area contributed by atoms with E-state index in [9.17, 15) is 14.9 Å². The Kier molecular flexibility index (Phi) is 7.74. The molecule has 2 aromatic carbocycles. The van der Waals surface area contributed by atoms with Gasteiger partial charge in [0.25, 0.3) is 5.91 Å². The van der Waals surface area contributed by atoms with Gasteiger partial charge in [-0.05, 0) is 67.5 Å². The number of likely N-dealkylation sites (tertiary alicyclic amines) is 1. The lowest BCUT2D eigenvalue weighted by atomic mass is 9.98. The van der Waals surface area contributed by atoms with E-state index in [1.54, 1.807) is 0 Å². The molecule has 2 N–H and O–H groups in total. The summed E-state index contributed by atoms with van der Waals surface area (Å²) in [5, 5.41) is 15.6. The maximum Gasteiger partial charge on any atom is 0.253 e. The smallest absolute Gasteiger partial charge is 0.253 e. The number of amides is 2. The zero-order valence-corrected chi connectivity index (χ0v) is 19.1. The van der Waals surface area contributed by atoms with Crippen molar-refractivity contribution in [1.82, 2.24) is 15.5 Å². The van der Waals surface area contributed by atoms with Gasteiger partial charge in [0.1, 0.15) is 6.04 Å². The summed E-state index contributed by atoms with van der Waals surface area (Å²) in [6, 6.07) is 17.3. The van der Waals surface area contributed by atoms with Crippen LogP contribution in [0, 0.1) is 11.3 Å². The number of nitrogens with one attached hydrogen (secondary N) is 2. The Hall–Kier alpha value is -3.17. The van der Waals surface area contributed by atoms with Crippen LogP contribution in [0.1, 0.15) is 54.4 Å². The van der Waals surface area contributed by atoms with Crippen molar-refractivity contribution in [3.63, 3.8) is 0 Å². The SMILES string of the molecule is N#C[C@H](Cc1ccc(-c2cccc(C(=O)N3CCCCC3)c2)cc1)NC(=O)[C@@H]1CCCCN1. The van der Waals surface area contributed by atoms with Gasteiger partial charge < -0.3 is 15.5 Å². The summed E-state index contributed by atoms with van der Waals surface area (Å²) in [6.07, 6.45) is 6.76. The largest absolute Gasteiger partial charge is 0.339 e. The van der Waals surface area contributed by atoms with Crippen molar-refractivity contribution in [2.75, 3.05) is 19.6 Å². The molecule has 6 heteroatoms. The third-order valence-corrected chi connectivity index (χ3v) is 6.58. The lowest BCUT2D eigenvalue weighted by Gasteiger charge is -2.26. The Morgan fingerprint density at radius 2 is 1.82 bits per heavy atom. The number of nitrogens with zero attached hydrogens (tertiary/aromatic N) is 2. The van der Waals surface area contributed by atoms with E-state index in [0.717, 1.165) is 74.0 Å². The minimum atomic E-state index is -0.558. The van der Waals surface area contributed by atoms with Crippen LogP contribution in [0.3, 0.4) is 0 Å². The van der Waals surface area contributed by atoms with E-state index < -0.39 is 6.04 Å². The molecule has 0 unspecified atom stereocenters. The molecule has 4 rings (SSSR count). The molecule has 2 fully saturated rings. The molecular formula is C27H32N4O2. The van der Waals surface area contributed by atoms with Gasteiger partial charge in [-0.15, -0.1) is 0 Å². The summed E-state index contributed by atoms with van der Waals surface area (Å²) < 4.78 is 0. The number of carbonyl (C=O) groups is 2. The molecular weight excluding hydrogens is 412 g/mol. The molecule has 0 saturated carbocycles. The van der Waals surface area contributed by atoms with Gasteiger partial charge in [-0.25, -0.2) is 0 Å². The van der Waals surface area contributed by atoms with E-state index in [1.807, 2.05) is 53.4 Å². The Morgan fingerprint density at radius 3 is 2.52 bits per heavy atom. The van der Waals surface area contributed by atoms with E-state index in [0.29, 0.717) is 6.42 Å². The molecule has 2 aliphatic heterocycles. The van der Waals surface area contributed by atoms with Gasteiger partial charge >= 0.3 is 0 Å². The van der Waals surface area contributed by atoms with Gasteiger partial charge in [0, 0.05) is 25.1 Å². The molecule has 2 heterocycles. The predicted molar refractivity (Wildman–Crippen MR) is 129 cm³/mol. The maximum atomic E-state index is 12.9. The molecule has 2 aliphatic rings. The standard InChI is InChI=1S/C27H32N4O2/c28-19-24(30-26(32)25-9-2-3-14-29-25)17-20-10-12-21(13-11-20)22-7-6-8-23(18-22)27(33)31-15-4-1-5-16-31/h6-8,10-13,18,24-25,29H,1-5,9,14-17H2,(H,30,32)/t24-,25-/m0/s1. The minimum Gasteiger partial charge on any atom is -0.339 e. The first-order chi connectivity index (χ1) is 16.1. The van der Waals surface area contributed by atoms with Crippen molar-refractivity contribution in [2.24, 2.45) is 0 Å². The predicted octanol–water partition coefficient (Wildman–Crippen LogP) is 3.67. The summed E-state index contributed by atoms with van der Waals surface area (Å²) in [5.74, 6) is 0.0151. The highest BCUT2D eigenvalue weighted by atomic mass is 16.2. The van der Waals surface area contributed by atoms with Gasteiger partial charge in [0.2, 0.25) is 5.91 Å². The molecule has 0 aliphatic carbocycles. The molecule has 172 valence electrons. The fraction of sp³-hybridized carbons (Fsp3) is 0.444. The van der Waals surface area contributed by atoms with Crippen molar-refractivity contribution in [2.45, 2.75) is 57.0 Å². The number of carbonyl (C=O) groups excluding carboxylic acids is 2. The van der Waals surface area contributed by atoms with E-state index >= 15 is 0 Å². The van der Waals surface area contributed by atoms with Crippen molar-refractivity contribution in [3.8, 4) is 17.2 Å². The van der Waals surface area contributed by atoms with Crippen LogP contribution in [0.4, 0.5) is 0 Å². The Bertz CT molecular complexity index is 1000. The van der Waals surface area contributed by atoms with Crippen LogP contribution in [0.5, 0.6) is 0 Å². The molecule has 0 bridgehead atoms. The molecule has 6 nitrogen and oxygen atoms in total. The number of benzene rings is 2. The molecule has 0 spiro atoms. The van der Waals surface area contributed by atoms with E-state index in [2.05, 4.69) is 16.7 Å². The summed E-state index contributed by atoms with van der Waals surface area (Å²) in [5.41, 5.74) is 3.73. The summed E-state index contributed by atoms with van der Waals surface area (Å²) in [4.78, 5) is 27.2. The molecule has 0 aromatic heterocycles. The lowest BCUT2D eigenvalue weighted by Crippen LogP contribution is -2.49. The van der Waals surface area contributed by atoms with Crippen molar-refractivity contribution >= 4 is 11.8 Å². The van der Waals surface area contributed by atoms with Gasteiger partial charge in [0.05, 0.1) is 12.1 Å². The maximum absolute atomic E-state index is 12.9. The zero-order chi connectivity index (χ0) is 23.0. The number of nitriles is 1. The fourth-order valence-corrected chi connectivity index (χ4v) is 4.66. The molecule has 2 aromatic rings. The monoisotopic (exact) mass is 444 g/mol. The Balaban J connectivity index is 1.39. The van der Waals surface area contributed by atoms with E-state index in [4.69, 9.17) is 0 Å². The Labute approximate surface area is 196 Å². The van der Waals surface area contributed by atoms with Gasteiger partial charge in [0.15, 0.2) is 0 Å². The van der Waals surface area contributed by atoms with Crippen LogP contribution in [0.15, 0.2) is 48.5 Å². The normalized spacial score (nSPS) is 19.4. The van der Waals surface area contributed by atoms with E-state index in [-0.39, 0.29) is 17.9 Å². The second-order valence-corrected chi connectivity index (χ2v) is 9.03. The molecule has 2 saturated heterocycles. The van der Waals surface area contributed by atoms with Crippen LogP contribution in [-0.4, -0.2) is 48.4 Å². The van der Waals surface area contributed by atoms with Crippen LogP contribution >= 0.6 is 0 Å². The summed E-state index contributed by atoms with van der Waals surface area (Å²) >= 11 is 0. The third-order valence-electron chi connectivity index (χ3n) is 6.58. The quantitative estimate of drug-likeness (QED) is 0.712. The Morgan fingerprint density at radius 1 is 1.03 bits per heavy atom. The van der Waals surface area contributed by atoms with Gasteiger partial charge in [-0.1, -0.05) is 42.8 Å². The number of hydrogen-bond donors (Lipinski definition) is 2. The first-order valence-electron chi connectivity index (χ1n) is 12.1. The highest BCUT2D eigenvalue weighted by Crippen LogP contribution is 2.23. The van der Waals surface area contributed by atoms with Crippen LogP contribution in [-0.2, 0) is 11.2 Å². The molecule has 2 atom stereocenters. The highest BCUT2D eigenvalue weighted by Gasteiger charge is 2.23. The van der Waals surface area contributed by atoms with Crippen LogP contribution in [0.2, 0.25) is 0 Å². The average Bonchev–Trinajstić information content (AvgIpc) is 2.89. The highest BCUT2D eigenvalue weighted by molar-refractivity contribution is 5.95. The summed E-state index contributed by atoms with van der Waals surface area (Å²) in [7, 11) is 0. The molecule has 33 heavy (non-hydrogen) atoms. The van der Waals surface area contributed by atoms with Gasteiger partial charge in [-0.3, -0.25) is 9.59 Å². The summed E-state index contributed by atoms with van der Waals surface area (Å²) in [6.45, 7) is 2.53. The second-order valence-electron chi connectivity index (χ2n) is 9.03. The molecule has 2 amide bonds. The number of rotatable bonds is 6. The topological polar surface area (TPSA) is 85.2 Å². The first-order valence-corrected chi connectivity index (χ1v) is 12.1. The van der Waals surface area contributed by atoms with Crippen LogP contribution < -0.4 is 10.6 Å². The van der Waals surface area contributed by atoms with Crippen molar-refractivity contribution in [1.29, 1.82) is 5.26 Å². The number of hydrogen-bond acceptors (Lipinski definition) is 4. The average molecular weight is 445 g/mol. The third kappa shape index (κ3) is 6.00. The van der Waals surface area contributed by atoms with Crippen molar-refractivity contribution in [3.05, 3.63) is 59.7 Å². The van der Waals surface area contributed by atoms with Gasteiger partial charge in [-0.2, -0.15) is 5.26 Å². The zero-order valence-electron chi connectivity index (χ0n) is 19.1. The van der Waals surface area contributed by atoms with E-state index in [1.165, 1.54) is 6.42 Å². The molecule has 0 radical (unpaired) electrons. The lowest BCUT2D eigenvalue weighted by molar-refractivity contribution is -0.124. The minimum absolute atomic E-state index is 0.0898. The first kappa shape index (κ1) is 23.0. The second kappa shape index (κ2) is 11.1. The number of piperidine rings is 2. The van der Waals surface area contributed by atoms with Crippen LogP contribution in [0.25, 0.3) is 11.1 Å². The fourth-order valence-electron chi connectivity index (χ4n) is 4.66.